The smallest absolute Gasteiger partial charge is 0.459 e. The van der Waals surface area contributed by atoms with Gasteiger partial charge in [0.25, 0.3) is 0 Å². The summed E-state index contributed by atoms with van der Waals surface area (Å²) in [7, 11) is -16.8. The second kappa shape index (κ2) is 50.7. The van der Waals surface area contributed by atoms with Crippen LogP contribution < -0.4 is 84.1 Å². The molecule has 8 aromatic rings. The summed E-state index contributed by atoms with van der Waals surface area (Å²) < 4.78 is 148. The van der Waals surface area contributed by atoms with Gasteiger partial charge in [-0.15, -0.1) is 46.4 Å². The number of carbonyl (C=O) groups excluding carboxylic acids is 4. The van der Waals surface area contributed by atoms with E-state index in [1.807, 2.05) is 0 Å². The summed E-state index contributed by atoms with van der Waals surface area (Å²) >= 11 is 26.2. The lowest BCUT2D eigenvalue weighted by Gasteiger charge is -2.26. The summed E-state index contributed by atoms with van der Waals surface area (Å²) in [6.45, 7) is 23.3. The maximum Gasteiger partial charge on any atom is 0.459 e. The third-order valence-corrected chi connectivity index (χ3v) is 29.2. The van der Waals surface area contributed by atoms with Crippen molar-refractivity contribution in [1.29, 1.82) is 0 Å². The van der Waals surface area contributed by atoms with E-state index in [9.17, 15) is 77.0 Å². The molecular weight excluding hydrogens is 2060 g/mol. The number of rotatable bonds is 40. The van der Waals surface area contributed by atoms with Crippen molar-refractivity contribution in [2.75, 3.05) is 49.4 Å². The summed E-state index contributed by atoms with van der Waals surface area (Å²) in [6, 6.07) is 34.1. The van der Waals surface area contributed by atoms with Crippen LogP contribution >= 0.6 is 77.4 Å². The van der Waals surface area contributed by atoms with Crippen molar-refractivity contribution in [3.8, 4) is 23.0 Å². The summed E-state index contributed by atoms with van der Waals surface area (Å²) in [5.74, 6) is -1.73. The van der Waals surface area contributed by atoms with Crippen molar-refractivity contribution in [2.24, 2.45) is 0 Å². The third kappa shape index (κ3) is 32.1. The van der Waals surface area contributed by atoms with Gasteiger partial charge in [0, 0.05) is 24.8 Å². The number of alkyl halides is 4. The number of hydrogen-bond acceptors (Lipinski definition) is 40. The van der Waals surface area contributed by atoms with E-state index in [-0.39, 0.29) is 70.7 Å². The van der Waals surface area contributed by atoms with Crippen LogP contribution in [-0.4, -0.2) is 226 Å². The fraction of sp³-hybridized carbons (Fsp3) is 0.500. The van der Waals surface area contributed by atoms with Crippen molar-refractivity contribution >= 4 is 125 Å². The number of nitrogens with two attached hydrogens (primary N) is 4. The first kappa shape index (κ1) is 118. The average Bonchev–Trinajstić information content (AvgIpc) is 1.63. The number of nitrogens with zero attached hydrogens (tertiary/aromatic N) is 8. The van der Waals surface area contributed by atoms with E-state index in [4.69, 9.17) is 143 Å². The molecule has 144 heavy (non-hydrogen) atoms. The zero-order chi connectivity index (χ0) is 107. The van der Waals surface area contributed by atoms with Crippen LogP contribution in [0.1, 0.15) is 136 Å². The number of nitrogens with one attached hydrogen (secondary N) is 4. The number of nitrogen functional groups attached to an aromatic ring is 4. The van der Waals surface area contributed by atoms with Crippen molar-refractivity contribution in [3.63, 3.8) is 0 Å². The molecule has 16 N–H and O–H groups in total. The van der Waals surface area contributed by atoms with Crippen LogP contribution in [0.4, 0.5) is 23.3 Å². The highest BCUT2D eigenvalue weighted by Gasteiger charge is 2.59. The number of anilines is 4. The number of benzene rings is 4. The van der Waals surface area contributed by atoms with Gasteiger partial charge < -0.3 is 99.4 Å². The molecule has 4 aromatic heterocycles. The molecule has 8 heterocycles. The fourth-order valence-electron chi connectivity index (χ4n) is 13.8. The molecule has 4 fully saturated rings. The quantitative estimate of drug-likeness (QED) is 0.00738. The molecule has 12 rings (SSSR count). The van der Waals surface area contributed by atoms with E-state index in [0.717, 1.165) is 18.3 Å². The van der Waals surface area contributed by atoms with Gasteiger partial charge >= 0.3 is 77.6 Å². The molecule has 48 nitrogen and oxygen atoms in total. The van der Waals surface area contributed by atoms with Gasteiger partial charge in [0.1, 0.15) is 139 Å². The third-order valence-electron chi connectivity index (χ3n) is 21.0. The molecule has 2 unspecified atom stereocenters. The number of para-hydroxylation sites is 4. The van der Waals surface area contributed by atoms with Crippen LogP contribution in [0.2, 0.25) is 0 Å². The number of aliphatic hydroxyl groups excluding tert-OH is 4. The van der Waals surface area contributed by atoms with Crippen molar-refractivity contribution in [1.82, 2.24) is 58.6 Å². The molecule has 4 aliphatic rings. The Bertz CT molecular complexity index is 5370. The lowest BCUT2D eigenvalue weighted by atomic mass is 10.0. The Morgan fingerprint density at radius 3 is 0.653 bits per heavy atom. The summed E-state index contributed by atoms with van der Waals surface area (Å²) in [5, 5.41) is 53.5. The Hall–Kier alpha value is -9.88. The number of ether oxygens (including phenoxy) is 8. The minimum absolute atomic E-state index is 0.0149. The number of aromatic nitrogens is 8. The van der Waals surface area contributed by atoms with Gasteiger partial charge in [0.15, 0.2) is 24.9 Å². The van der Waals surface area contributed by atoms with Crippen LogP contribution in [0.25, 0.3) is 0 Å². The molecule has 4 aliphatic heterocycles. The van der Waals surface area contributed by atoms with Crippen LogP contribution in [0, 0.1) is 0 Å². The monoisotopic (exact) mass is 2180 g/mol. The highest BCUT2D eigenvalue weighted by atomic mass is 35.5. The zero-order valence-corrected chi connectivity index (χ0v) is 87.6. The molecule has 0 aliphatic carbocycles. The van der Waals surface area contributed by atoms with Gasteiger partial charge in [-0.2, -0.15) is 40.3 Å². The van der Waals surface area contributed by atoms with E-state index in [0.29, 0.717) is 0 Å². The molecule has 4 aromatic carbocycles. The van der Waals surface area contributed by atoms with E-state index >= 15 is 0 Å². The Morgan fingerprint density at radius 1 is 0.333 bits per heavy atom. The van der Waals surface area contributed by atoms with Crippen LogP contribution in [0.15, 0.2) is 190 Å². The lowest BCUT2D eigenvalue weighted by Crippen LogP contribution is -2.42. The van der Waals surface area contributed by atoms with E-state index < -0.39 is 221 Å². The van der Waals surface area contributed by atoms with Gasteiger partial charge in [-0.05, 0) is 184 Å². The molecule has 0 radical (unpaired) electrons. The molecule has 56 heteroatoms. The van der Waals surface area contributed by atoms with E-state index in [1.54, 1.807) is 177 Å². The number of aliphatic hydroxyl groups is 4. The van der Waals surface area contributed by atoms with Crippen LogP contribution in [-0.2, 0) is 93.4 Å². The topological polar surface area (TPSA) is 657 Å². The molecule has 4 saturated heterocycles. The lowest BCUT2D eigenvalue weighted by molar-refractivity contribution is -0.150. The molecule has 24 atom stereocenters. The molecule has 0 amide bonds. The summed E-state index contributed by atoms with van der Waals surface area (Å²) in [4.78, 5) is 107. The molecule has 0 saturated carbocycles. The van der Waals surface area contributed by atoms with Gasteiger partial charge in [0.05, 0.1) is 50.8 Å². The van der Waals surface area contributed by atoms with Crippen LogP contribution in [0.5, 0.6) is 23.0 Å². The van der Waals surface area contributed by atoms with Gasteiger partial charge in [0.2, 0.25) is 0 Å². The molecular formula is C88H120Cl4N16O32P4. The molecule has 0 bridgehead atoms. The Kier molecular flexibility index (Phi) is 41.4. The van der Waals surface area contributed by atoms with E-state index in [2.05, 4.69) is 40.3 Å². The molecule has 0 spiro atoms. The number of esters is 4. The van der Waals surface area contributed by atoms with Crippen LogP contribution in [0.3, 0.4) is 0 Å². The van der Waals surface area contributed by atoms with Gasteiger partial charge in [-0.1, -0.05) is 72.8 Å². The van der Waals surface area contributed by atoms with Gasteiger partial charge in [-0.25, -0.2) is 37.4 Å². The summed E-state index contributed by atoms with van der Waals surface area (Å²) in [6.07, 6.45) is -10.5. The second-order valence-corrected chi connectivity index (χ2v) is 44.8. The normalized spacial score (nSPS) is 26.4. The van der Waals surface area contributed by atoms with Crippen molar-refractivity contribution in [3.05, 3.63) is 212 Å². The Labute approximate surface area is 847 Å². The SMILES string of the molecule is CC(C)OC(=O)[C@@H](C)NP(=O)(OC[C@H]1O[C@@H](n2ccc(N)nc2=O)[C@](C)(Cl)[C@@H]1O)Oc1ccccc1.CC(C)OC(=O)[C@@H](C)NP(=O)(OC[C@H]1O[C@@H](n2ccc(N)nc2=O)[C@](C)(Cl)[C@@H]1O)Oc1ccccc1.CC(C)OC(=O)[C@@H](C)N[P@@](=O)(OC[C@H]1O[C@@H](n2ccc(N)nc2=O)[C@](C)(Cl)[C@@H]1O)Oc1ccccc1.CC(C)OC(=O)[C@@H](C)N[P@](=O)(OC[C@H]1O[C@@H](n2ccc(N)nc2=O)[C@](C)(Cl)[C@@H]1O)Oc1ccccc1. The minimum Gasteiger partial charge on any atom is -0.462 e. The molecule has 792 valence electrons. The number of halogens is 4. The first-order valence-electron chi connectivity index (χ1n) is 44.7. The largest absolute Gasteiger partial charge is 0.462 e. The first-order chi connectivity index (χ1) is 67.3. The minimum atomic E-state index is -4.21. The highest BCUT2D eigenvalue weighted by Crippen LogP contribution is 2.54. The number of carbonyl (C=O) groups is 4. The average molecular weight is 2180 g/mol. The zero-order valence-electron chi connectivity index (χ0n) is 80.9. The number of hydrogen-bond donors (Lipinski definition) is 12. The van der Waals surface area contributed by atoms with E-state index in [1.165, 1.54) is 104 Å². The Morgan fingerprint density at radius 2 is 0.500 bits per heavy atom. The van der Waals surface area contributed by atoms with Gasteiger partial charge in [-0.3, -0.25) is 55.5 Å². The standard InChI is InChI=1S/4C22H30ClN4O8P/c4*1-13(2)33-19(29)14(3)26-36(31,35-15-8-6-5-7-9-15)32-12-16-18(28)22(4,23)20(34-16)27-11-10-17(24)25-21(27)30/h4*5-11,13-14,16,18,20,28H,12H2,1-4H3,(H,26,31)(H2,24,25,30)/t2*14-,16-,18-,20-,22-,36?;14-,16-,18-,20-,22-,36+;14-,16-,18-,20-,22-,36-/m1111/s1. The maximum absolute atomic E-state index is 13.6. The van der Waals surface area contributed by atoms with Crippen molar-refractivity contribution in [2.45, 2.75) is 253 Å². The fourth-order valence-corrected chi connectivity index (χ4v) is 21.0. The van der Waals surface area contributed by atoms with Crippen molar-refractivity contribution < 1.29 is 132 Å². The Balaban J connectivity index is 0.000000214. The maximum atomic E-state index is 13.6. The first-order valence-corrected chi connectivity index (χ1v) is 52.4. The predicted octanol–water partition coefficient (Wildman–Crippen LogP) is 8.86. The highest BCUT2D eigenvalue weighted by molar-refractivity contribution is 7.53. The predicted molar refractivity (Wildman–Crippen MR) is 526 cm³/mol. The summed E-state index contributed by atoms with van der Waals surface area (Å²) in [5.41, 5.74) is 19.3. The second-order valence-electron chi connectivity index (χ2n) is 34.8.